The summed E-state index contributed by atoms with van der Waals surface area (Å²) in [6, 6.07) is 0. The highest BCUT2D eigenvalue weighted by molar-refractivity contribution is 4.65. The van der Waals surface area contributed by atoms with Crippen LogP contribution < -0.4 is 0 Å². The van der Waals surface area contributed by atoms with Crippen LogP contribution in [-0.4, -0.2) is 25.5 Å². The fourth-order valence-electron chi connectivity index (χ4n) is 0.552. The topological polar surface area (TPSA) is 3.24 Å². The van der Waals surface area contributed by atoms with Gasteiger partial charge in [-0.15, -0.1) is 6.58 Å². The van der Waals surface area contributed by atoms with Gasteiger partial charge in [-0.05, 0) is 33.5 Å². The zero-order chi connectivity index (χ0) is 10.4. The Morgan fingerprint density at radius 2 is 1.50 bits per heavy atom. The van der Waals surface area contributed by atoms with Crippen molar-refractivity contribution in [1.82, 2.24) is 4.90 Å². The number of nitrogens with zero attached hydrogens (tertiary/aromatic N) is 1. The second-order valence-electron chi connectivity index (χ2n) is 2.23. The Balaban J connectivity index is -0.000000175. The lowest BCUT2D eigenvalue weighted by atomic mass is 10.3. The van der Waals surface area contributed by atoms with Crippen LogP contribution in [0.25, 0.3) is 0 Å². The molecule has 0 amide bonds. The summed E-state index contributed by atoms with van der Waals surface area (Å²) < 4.78 is 0. The number of hydrogen-bond donors (Lipinski definition) is 0. The van der Waals surface area contributed by atoms with Crippen LogP contribution in [0.4, 0.5) is 0 Å². The molecule has 0 aromatic carbocycles. The van der Waals surface area contributed by atoms with E-state index in [1.54, 1.807) is 0 Å². The molecule has 0 bridgehead atoms. The van der Waals surface area contributed by atoms with Crippen LogP contribution in [0.3, 0.4) is 0 Å². The van der Waals surface area contributed by atoms with Crippen LogP contribution in [0.15, 0.2) is 12.7 Å². The van der Waals surface area contributed by atoms with Gasteiger partial charge in [-0.3, -0.25) is 0 Å². The van der Waals surface area contributed by atoms with Gasteiger partial charge in [0.25, 0.3) is 0 Å². The van der Waals surface area contributed by atoms with Gasteiger partial charge in [-0.25, -0.2) is 0 Å². The van der Waals surface area contributed by atoms with E-state index in [4.69, 9.17) is 0 Å². The molecule has 1 heteroatoms. The first-order chi connectivity index (χ1) is 5.77. The molecule has 0 rings (SSSR count). The summed E-state index contributed by atoms with van der Waals surface area (Å²) in [4.78, 5) is 2.18. The van der Waals surface area contributed by atoms with E-state index in [-0.39, 0.29) is 0 Å². The van der Waals surface area contributed by atoms with Gasteiger partial charge in [0, 0.05) is 0 Å². The normalized spacial score (nSPS) is 7.58. The minimum atomic E-state index is 1.14. The Kier molecular flexibility index (Phi) is 33.1. The highest BCUT2D eigenvalue weighted by Crippen LogP contribution is 1.89. The summed E-state index contributed by atoms with van der Waals surface area (Å²) in [7, 11) is 4.17. The maximum absolute atomic E-state index is 3.64. The van der Waals surface area contributed by atoms with Crippen molar-refractivity contribution in [3.8, 4) is 0 Å². The van der Waals surface area contributed by atoms with Crippen LogP contribution in [0.2, 0.25) is 0 Å². The molecule has 0 aromatic rings. The molecule has 0 aromatic heterocycles. The predicted molar refractivity (Wildman–Crippen MR) is 60.7 cm³/mol. The number of hydrogen-bond acceptors (Lipinski definition) is 1. The van der Waals surface area contributed by atoms with Crippen molar-refractivity contribution in [2.24, 2.45) is 0 Å². The molecule has 0 N–H and O–H groups in total. The van der Waals surface area contributed by atoms with E-state index in [1.807, 2.05) is 33.8 Å². The zero-order valence-corrected chi connectivity index (χ0v) is 9.85. The molecule has 76 valence electrons. The minimum Gasteiger partial charge on any atom is -0.309 e. The molecule has 0 atom stereocenters. The monoisotopic (exact) mass is 173 g/mol. The average Bonchev–Trinajstić information content (AvgIpc) is 2.12. The minimum absolute atomic E-state index is 1.14. The fourth-order valence-corrected chi connectivity index (χ4v) is 0.552. The smallest absolute Gasteiger partial charge is 0.00219 e. The predicted octanol–water partition coefficient (Wildman–Crippen LogP) is 3.57. The first-order valence-corrected chi connectivity index (χ1v) is 5.03. The van der Waals surface area contributed by atoms with Crippen molar-refractivity contribution in [3.63, 3.8) is 0 Å². The molecular formula is C11H27N. The first-order valence-electron chi connectivity index (χ1n) is 5.03. The number of unbranched alkanes of at least 4 members (excludes halogenated alkanes) is 1. The summed E-state index contributed by atoms with van der Waals surface area (Å²) in [5, 5.41) is 0. The molecule has 0 spiro atoms. The summed E-state index contributed by atoms with van der Waals surface area (Å²) in [6.45, 7) is 12.8. The average molecular weight is 173 g/mol. The lowest BCUT2D eigenvalue weighted by Gasteiger charge is -2.06. The molecule has 0 radical (unpaired) electrons. The lowest BCUT2D eigenvalue weighted by Crippen LogP contribution is -2.12. The highest BCUT2D eigenvalue weighted by atomic mass is 15.0. The SMILES string of the molecule is C=CCCCN(C)C.CC.CC. The molecular weight excluding hydrogens is 146 g/mol. The van der Waals surface area contributed by atoms with E-state index in [1.165, 1.54) is 13.0 Å². The molecule has 1 nitrogen and oxygen atoms in total. The van der Waals surface area contributed by atoms with Gasteiger partial charge in [0.05, 0.1) is 0 Å². The van der Waals surface area contributed by atoms with Crippen LogP contribution in [0.5, 0.6) is 0 Å². The Labute approximate surface area is 79.5 Å². The molecule has 0 saturated carbocycles. The quantitative estimate of drug-likeness (QED) is 0.464. The Bertz CT molecular complexity index is 58.0. The van der Waals surface area contributed by atoms with Crippen molar-refractivity contribution in [2.45, 2.75) is 40.5 Å². The molecule has 0 fully saturated rings. The summed E-state index contributed by atoms with van der Waals surface area (Å²) in [6.07, 6.45) is 4.33. The van der Waals surface area contributed by atoms with Crippen molar-refractivity contribution in [2.75, 3.05) is 20.6 Å². The van der Waals surface area contributed by atoms with E-state index in [9.17, 15) is 0 Å². The van der Waals surface area contributed by atoms with Crippen molar-refractivity contribution < 1.29 is 0 Å². The fraction of sp³-hybridized carbons (Fsp3) is 0.818. The summed E-state index contributed by atoms with van der Waals surface area (Å²) in [5.41, 5.74) is 0. The second kappa shape index (κ2) is 22.4. The third kappa shape index (κ3) is 33.2. The van der Waals surface area contributed by atoms with E-state index in [0.29, 0.717) is 0 Å². The van der Waals surface area contributed by atoms with E-state index in [2.05, 4.69) is 25.6 Å². The van der Waals surface area contributed by atoms with E-state index in [0.717, 1.165) is 6.42 Å². The lowest BCUT2D eigenvalue weighted by molar-refractivity contribution is 0.402. The van der Waals surface area contributed by atoms with Crippen molar-refractivity contribution in [1.29, 1.82) is 0 Å². The largest absolute Gasteiger partial charge is 0.309 e. The zero-order valence-electron chi connectivity index (χ0n) is 9.85. The highest BCUT2D eigenvalue weighted by Gasteiger charge is 1.85. The third-order valence-electron chi connectivity index (χ3n) is 1.01. The number of allylic oxidation sites excluding steroid dienone is 1. The Morgan fingerprint density at radius 1 is 1.08 bits per heavy atom. The van der Waals surface area contributed by atoms with E-state index < -0.39 is 0 Å². The van der Waals surface area contributed by atoms with Crippen LogP contribution >= 0.6 is 0 Å². The van der Waals surface area contributed by atoms with Crippen molar-refractivity contribution >= 4 is 0 Å². The summed E-state index contributed by atoms with van der Waals surface area (Å²) >= 11 is 0. The van der Waals surface area contributed by atoms with Crippen LogP contribution in [0.1, 0.15) is 40.5 Å². The molecule has 0 saturated heterocycles. The standard InChI is InChI=1S/C7H15N.2C2H6/c1-4-5-6-7-8(2)3;2*1-2/h4H,1,5-7H2,2-3H3;2*1-2H3. The maximum Gasteiger partial charge on any atom is -0.00219 e. The van der Waals surface area contributed by atoms with Crippen LogP contribution in [-0.2, 0) is 0 Å². The Hall–Kier alpha value is -0.300. The molecule has 12 heavy (non-hydrogen) atoms. The van der Waals surface area contributed by atoms with Gasteiger partial charge >= 0.3 is 0 Å². The first kappa shape index (κ1) is 17.7. The number of rotatable bonds is 4. The molecule has 0 aliphatic carbocycles. The van der Waals surface area contributed by atoms with E-state index >= 15 is 0 Å². The summed E-state index contributed by atoms with van der Waals surface area (Å²) in [5.74, 6) is 0. The molecule has 0 aliphatic rings. The van der Waals surface area contributed by atoms with Gasteiger partial charge in [-0.1, -0.05) is 33.8 Å². The van der Waals surface area contributed by atoms with Crippen molar-refractivity contribution in [3.05, 3.63) is 12.7 Å². The third-order valence-corrected chi connectivity index (χ3v) is 1.01. The van der Waals surface area contributed by atoms with Gasteiger partial charge in [0.1, 0.15) is 0 Å². The van der Waals surface area contributed by atoms with Gasteiger partial charge in [0.2, 0.25) is 0 Å². The van der Waals surface area contributed by atoms with Crippen LogP contribution in [0, 0.1) is 0 Å². The van der Waals surface area contributed by atoms with Gasteiger partial charge in [-0.2, -0.15) is 0 Å². The molecule has 0 aliphatic heterocycles. The maximum atomic E-state index is 3.64. The molecule has 0 unspecified atom stereocenters. The molecule has 0 heterocycles. The second-order valence-corrected chi connectivity index (χ2v) is 2.23. The Morgan fingerprint density at radius 3 is 1.75 bits per heavy atom. The van der Waals surface area contributed by atoms with Gasteiger partial charge in [0.15, 0.2) is 0 Å². The van der Waals surface area contributed by atoms with Gasteiger partial charge < -0.3 is 4.90 Å².